The summed E-state index contributed by atoms with van der Waals surface area (Å²) in [5, 5.41) is 0. The number of fused-ring (bicyclic) bond motifs is 1. The zero-order chi connectivity index (χ0) is 25.9. The maximum Gasteiger partial charge on any atom is 0.318 e. The number of aromatic nitrogens is 2. The molecule has 1 aromatic heterocycles. The van der Waals surface area contributed by atoms with Crippen LogP contribution in [0.25, 0.3) is 0 Å². The van der Waals surface area contributed by atoms with E-state index in [4.69, 9.17) is 14.7 Å². The van der Waals surface area contributed by atoms with Crippen LogP contribution in [0.2, 0.25) is 0 Å². The van der Waals surface area contributed by atoms with E-state index in [-0.39, 0.29) is 5.91 Å². The summed E-state index contributed by atoms with van der Waals surface area (Å²) >= 11 is 0. The van der Waals surface area contributed by atoms with Crippen molar-refractivity contribution in [2.45, 2.75) is 51.6 Å². The van der Waals surface area contributed by atoms with Crippen LogP contribution in [-0.2, 0) is 17.8 Å². The van der Waals surface area contributed by atoms with E-state index in [1.807, 2.05) is 4.90 Å². The average Bonchev–Trinajstić information content (AvgIpc) is 3.35. The summed E-state index contributed by atoms with van der Waals surface area (Å²) in [6.07, 6.45) is 4.64. The summed E-state index contributed by atoms with van der Waals surface area (Å²) in [6, 6.07) is 9.59. The second-order valence-corrected chi connectivity index (χ2v) is 10.7. The van der Waals surface area contributed by atoms with Crippen molar-refractivity contribution in [3.63, 3.8) is 0 Å². The van der Waals surface area contributed by atoms with Crippen LogP contribution in [0.1, 0.15) is 49.4 Å². The van der Waals surface area contributed by atoms with Crippen molar-refractivity contribution in [2.24, 2.45) is 0 Å². The molecule has 0 radical (unpaired) electrons. The van der Waals surface area contributed by atoms with E-state index in [0.717, 1.165) is 57.1 Å². The fraction of sp³-hybridized carbons (Fsp3) is 0.552. The lowest BCUT2D eigenvalue weighted by molar-refractivity contribution is -0.126. The number of carbonyl (C=O) groups excluding carboxylic acids is 1. The third-order valence-corrected chi connectivity index (χ3v) is 8.06. The SMILES string of the molecule is C=CC(=O)N1CCN(c2nc(OC[C@@H]3CCCN3C)nc3c2CCN(c2ccccc2C(C)C)C3)CC1. The van der Waals surface area contributed by atoms with Crippen LogP contribution in [0.3, 0.4) is 0 Å². The van der Waals surface area contributed by atoms with E-state index in [2.05, 4.69) is 66.4 Å². The molecule has 3 aliphatic rings. The van der Waals surface area contributed by atoms with Crippen molar-refractivity contribution in [3.8, 4) is 6.01 Å². The zero-order valence-electron chi connectivity index (χ0n) is 22.5. The summed E-state index contributed by atoms with van der Waals surface area (Å²) < 4.78 is 6.25. The highest BCUT2D eigenvalue weighted by atomic mass is 16.5. The molecule has 0 bridgehead atoms. The number of carbonyl (C=O) groups is 1. The minimum absolute atomic E-state index is 0.00599. The number of likely N-dealkylation sites (tertiary alicyclic amines) is 1. The molecule has 198 valence electrons. The van der Waals surface area contributed by atoms with Gasteiger partial charge >= 0.3 is 6.01 Å². The van der Waals surface area contributed by atoms with Crippen LogP contribution in [0.4, 0.5) is 11.5 Å². The van der Waals surface area contributed by atoms with E-state index in [1.165, 1.54) is 29.3 Å². The largest absolute Gasteiger partial charge is 0.462 e. The number of piperazine rings is 1. The number of hydrogen-bond acceptors (Lipinski definition) is 7. The first-order chi connectivity index (χ1) is 17.9. The summed E-state index contributed by atoms with van der Waals surface area (Å²) in [5.74, 6) is 1.42. The molecule has 2 fully saturated rings. The third-order valence-electron chi connectivity index (χ3n) is 8.06. The van der Waals surface area contributed by atoms with Gasteiger partial charge < -0.3 is 24.3 Å². The van der Waals surface area contributed by atoms with E-state index in [1.54, 1.807) is 0 Å². The van der Waals surface area contributed by atoms with E-state index < -0.39 is 0 Å². The Kier molecular flexibility index (Phi) is 7.65. The van der Waals surface area contributed by atoms with Crippen LogP contribution >= 0.6 is 0 Å². The molecule has 0 unspecified atom stereocenters. The number of amides is 1. The third kappa shape index (κ3) is 5.44. The van der Waals surface area contributed by atoms with Crippen LogP contribution < -0.4 is 14.5 Å². The first-order valence-electron chi connectivity index (χ1n) is 13.7. The van der Waals surface area contributed by atoms with Gasteiger partial charge in [-0.2, -0.15) is 9.97 Å². The second kappa shape index (κ2) is 11.1. The maximum absolute atomic E-state index is 12.1. The monoisotopic (exact) mass is 504 g/mol. The van der Waals surface area contributed by atoms with Gasteiger partial charge in [0.1, 0.15) is 12.4 Å². The molecular weight excluding hydrogens is 464 g/mol. The van der Waals surface area contributed by atoms with Gasteiger partial charge in [-0.3, -0.25) is 4.79 Å². The summed E-state index contributed by atoms with van der Waals surface area (Å²) in [6.45, 7) is 14.3. The van der Waals surface area contributed by atoms with Gasteiger partial charge in [0.25, 0.3) is 0 Å². The normalized spacial score (nSPS) is 20.3. The molecule has 1 atom stereocenters. The molecule has 0 spiro atoms. The topological polar surface area (TPSA) is 65.0 Å². The molecule has 0 aliphatic carbocycles. The molecule has 8 heteroatoms. The lowest BCUT2D eigenvalue weighted by Crippen LogP contribution is -2.49. The van der Waals surface area contributed by atoms with Gasteiger partial charge in [0.2, 0.25) is 5.91 Å². The van der Waals surface area contributed by atoms with Crippen molar-refractivity contribution < 1.29 is 9.53 Å². The van der Waals surface area contributed by atoms with Crippen molar-refractivity contribution in [1.29, 1.82) is 0 Å². The predicted octanol–water partition coefficient (Wildman–Crippen LogP) is 3.47. The van der Waals surface area contributed by atoms with Gasteiger partial charge in [-0.15, -0.1) is 0 Å². The second-order valence-electron chi connectivity index (χ2n) is 10.7. The van der Waals surface area contributed by atoms with Crippen LogP contribution in [-0.4, -0.2) is 84.6 Å². The molecule has 4 heterocycles. The summed E-state index contributed by atoms with van der Waals surface area (Å²) in [7, 11) is 2.16. The van der Waals surface area contributed by atoms with Crippen molar-refractivity contribution >= 4 is 17.4 Å². The summed E-state index contributed by atoms with van der Waals surface area (Å²) in [4.78, 5) is 31.0. The van der Waals surface area contributed by atoms with E-state index >= 15 is 0 Å². The molecule has 3 aliphatic heterocycles. The lowest BCUT2D eigenvalue weighted by atomic mass is 9.98. The lowest BCUT2D eigenvalue weighted by Gasteiger charge is -2.38. The molecule has 2 aromatic rings. The fourth-order valence-electron chi connectivity index (χ4n) is 5.81. The Balaban J connectivity index is 1.42. The van der Waals surface area contributed by atoms with Gasteiger partial charge in [0.05, 0.1) is 12.2 Å². The fourth-order valence-corrected chi connectivity index (χ4v) is 5.81. The number of likely N-dealkylation sites (N-methyl/N-ethyl adjacent to an activating group) is 1. The Labute approximate surface area is 220 Å². The van der Waals surface area contributed by atoms with Crippen molar-refractivity contribution in [3.05, 3.63) is 53.7 Å². The summed E-state index contributed by atoms with van der Waals surface area (Å²) in [5.41, 5.74) is 4.92. The van der Waals surface area contributed by atoms with Crippen molar-refractivity contribution in [2.75, 3.05) is 62.7 Å². The Morgan fingerprint density at radius 3 is 2.59 bits per heavy atom. The Morgan fingerprint density at radius 2 is 1.89 bits per heavy atom. The first-order valence-corrected chi connectivity index (χ1v) is 13.7. The van der Waals surface area contributed by atoms with Crippen LogP contribution in [0, 0.1) is 0 Å². The van der Waals surface area contributed by atoms with Crippen LogP contribution in [0.5, 0.6) is 6.01 Å². The smallest absolute Gasteiger partial charge is 0.318 e. The molecule has 0 saturated carbocycles. The first kappa shape index (κ1) is 25.5. The highest BCUT2D eigenvalue weighted by Crippen LogP contribution is 2.34. The number of ether oxygens (including phenoxy) is 1. The molecular formula is C29H40N6O2. The Hall–Kier alpha value is -3.13. The molecule has 0 N–H and O–H groups in total. The highest BCUT2D eigenvalue weighted by molar-refractivity contribution is 5.87. The number of benzene rings is 1. The van der Waals surface area contributed by atoms with Gasteiger partial charge in [0.15, 0.2) is 0 Å². The van der Waals surface area contributed by atoms with Gasteiger partial charge in [-0.05, 0) is 56.5 Å². The van der Waals surface area contributed by atoms with Crippen LogP contribution in [0.15, 0.2) is 36.9 Å². The highest BCUT2D eigenvalue weighted by Gasteiger charge is 2.30. The number of hydrogen-bond donors (Lipinski definition) is 0. The minimum atomic E-state index is -0.00599. The molecule has 5 rings (SSSR count). The molecule has 8 nitrogen and oxygen atoms in total. The number of rotatable bonds is 7. The molecule has 1 aromatic carbocycles. The van der Waals surface area contributed by atoms with Gasteiger partial charge in [-0.1, -0.05) is 38.6 Å². The Morgan fingerprint density at radius 1 is 1.11 bits per heavy atom. The standard InChI is InChI=1S/C29H40N6O2/c1-5-27(36)33-15-17-34(18-16-33)28-24-12-14-35(26-11-7-6-10-23(26)21(2)3)19-25(24)30-29(31-28)37-20-22-9-8-13-32(22)4/h5-7,10-11,21-22H,1,8-9,12-20H2,2-4H3/t22-/m0/s1. The number of nitrogens with zero attached hydrogens (tertiary/aromatic N) is 6. The molecule has 1 amide bonds. The molecule has 37 heavy (non-hydrogen) atoms. The van der Waals surface area contributed by atoms with Gasteiger partial charge in [-0.25, -0.2) is 0 Å². The van der Waals surface area contributed by atoms with Gasteiger partial charge in [0, 0.05) is 50.0 Å². The quantitative estimate of drug-likeness (QED) is 0.535. The van der Waals surface area contributed by atoms with Crippen molar-refractivity contribution in [1.82, 2.24) is 19.8 Å². The maximum atomic E-state index is 12.1. The molecule has 2 saturated heterocycles. The van der Waals surface area contributed by atoms with E-state index in [0.29, 0.717) is 37.7 Å². The van der Waals surface area contributed by atoms with E-state index in [9.17, 15) is 4.79 Å². The number of para-hydroxylation sites is 1. The predicted molar refractivity (Wildman–Crippen MR) is 147 cm³/mol. The zero-order valence-corrected chi connectivity index (χ0v) is 22.5. The average molecular weight is 505 g/mol. The Bertz CT molecular complexity index is 1130. The number of anilines is 2. The minimum Gasteiger partial charge on any atom is -0.462 e.